The molecule has 0 saturated heterocycles. The summed E-state index contributed by atoms with van der Waals surface area (Å²) in [6.07, 6.45) is 2.39. The van der Waals surface area contributed by atoms with E-state index in [0.717, 1.165) is 25.0 Å². The molecule has 0 radical (unpaired) electrons. The first-order chi connectivity index (χ1) is 10.1. The van der Waals surface area contributed by atoms with Crippen molar-refractivity contribution in [1.29, 1.82) is 0 Å². The Bertz CT molecular complexity index is 506. The van der Waals surface area contributed by atoms with Crippen molar-refractivity contribution in [3.63, 3.8) is 0 Å². The second kappa shape index (κ2) is 6.74. The minimum absolute atomic E-state index is 0.0359. The Kier molecular flexibility index (Phi) is 4.99. The highest BCUT2D eigenvalue weighted by atomic mass is 16.5. The Morgan fingerprint density at radius 1 is 1.24 bits per heavy atom. The molecule has 0 amide bonds. The Morgan fingerprint density at radius 2 is 1.90 bits per heavy atom. The molecule has 1 aliphatic carbocycles. The van der Waals surface area contributed by atoms with E-state index in [-0.39, 0.29) is 23.6 Å². The van der Waals surface area contributed by atoms with Crippen molar-refractivity contribution in [1.82, 2.24) is 0 Å². The van der Waals surface area contributed by atoms with E-state index >= 15 is 0 Å². The third kappa shape index (κ3) is 3.43. The lowest BCUT2D eigenvalue weighted by atomic mass is 9.95. The van der Waals surface area contributed by atoms with Crippen molar-refractivity contribution in [2.45, 2.75) is 26.2 Å². The number of ether oxygens (including phenoxy) is 2. The summed E-state index contributed by atoms with van der Waals surface area (Å²) in [4.78, 5) is 24.0. The molecule has 3 atom stereocenters. The van der Waals surface area contributed by atoms with E-state index in [4.69, 9.17) is 9.47 Å². The SMILES string of the molecule is COC(=O)C1C(=O)C(CCc2ccc(OC)cc2)CC1C. The van der Waals surface area contributed by atoms with Crippen molar-refractivity contribution in [2.75, 3.05) is 14.2 Å². The molecule has 0 spiro atoms. The maximum atomic E-state index is 12.3. The van der Waals surface area contributed by atoms with E-state index < -0.39 is 5.92 Å². The summed E-state index contributed by atoms with van der Waals surface area (Å²) >= 11 is 0. The maximum absolute atomic E-state index is 12.3. The highest BCUT2D eigenvalue weighted by Gasteiger charge is 2.44. The molecule has 0 N–H and O–H groups in total. The van der Waals surface area contributed by atoms with Gasteiger partial charge in [-0.2, -0.15) is 0 Å². The molecule has 3 unspecified atom stereocenters. The summed E-state index contributed by atoms with van der Waals surface area (Å²) in [7, 11) is 2.98. The number of benzene rings is 1. The summed E-state index contributed by atoms with van der Waals surface area (Å²) in [5.41, 5.74) is 1.18. The second-order valence-electron chi connectivity index (χ2n) is 5.70. The molecule has 1 aliphatic rings. The van der Waals surface area contributed by atoms with Gasteiger partial charge in [0.1, 0.15) is 17.5 Å². The van der Waals surface area contributed by atoms with Gasteiger partial charge in [0.15, 0.2) is 0 Å². The number of ketones is 1. The molecule has 1 aromatic rings. The third-order valence-electron chi connectivity index (χ3n) is 4.33. The first-order valence-electron chi connectivity index (χ1n) is 7.31. The van der Waals surface area contributed by atoms with Gasteiger partial charge in [0.05, 0.1) is 14.2 Å². The summed E-state index contributed by atoms with van der Waals surface area (Å²) in [6.45, 7) is 1.95. The largest absolute Gasteiger partial charge is 0.497 e. The van der Waals surface area contributed by atoms with E-state index in [0.29, 0.717) is 0 Å². The maximum Gasteiger partial charge on any atom is 0.316 e. The molecule has 21 heavy (non-hydrogen) atoms. The molecule has 4 heteroatoms. The van der Waals surface area contributed by atoms with Crippen molar-refractivity contribution in [2.24, 2.45) is 17.8 Å². The fraction of sp³-hybridized carbons (Fsp3) is 0.529. The van der Waals surface area contributed by atoms with Gasteiger partial charge < -0.3 is 9.47 Å². The van der Waals surface area contributed by atoms with Crippen LogP contribution < -0.4 is 4.74 Å². The van der Waals surface area contributed by atoms with Gasteiger partial charge in [-0.1, -0.05) is 19.1 Å². The number of rotatable bonds is 5. The van der Waals surface area contributed by atoms with Crippen LogP contribution in [0.3, 0.4) is 0 Å². The molecule has 0 bridgehead atoms. The standard InChI is InChI=1S/C17H22O4/c1-11-10-13(16(18)15(11)17(19)21-3)7-4-12-5-8-14(20-2)9-6-12/h5-6,8-9,11,13,15H,4,7,10H2,1-3H3. The van der Waals surface area contributed by atoms with Crippen LogP contribution in [0.2, 0.25) is 0 Å². The number of carbonyl (C=O) groups excluding carboxylic acids is 2. The molecular weight excluding hydrogens is 268 g/mol. The molecule has 2 rings (SSSR count). The lowest BCUT2D eigenvalue weighted by molar-refractivity contribution is -0.150. The summed E-state index contributed by atoms with van der Waals surface area (Å²) < 4.78 is 9.86. The highest BCUT2D eigenvalue weighted by molar-refractivity contribution is 6.02. The van der Waals surface area contributed by atoms with E-state index in [2.05, 4.69) is 0 Å². The predicted molar refractivity (Wildman–Crippen MR) is 79.1 cm³/mol. The number of carbonyl (C=O) groups is 2. The molecule has 0 aromatic heterocycles. The van der Waals surface area contributed by atoms with E-state index in [1.54, 1.807) is 7.11 Å². The molecule has 114 valence electrons. The minimum Gasteiger partial charge on any atom is -0.497 e. The zero-order valence-electron chi connectivity index (χ0n) is 12.8. The molecule has 1 saturated carbocycles. The minimum atomic E-state index is -0.573. The lowest BCUT2D eigenvalue weighted by Crippen LogP contribution is -2.26. The highest BCUT2D eigenvalue weighted by Crippen LogP contribution is 2.36. The van der Waals surface area contributed by atoms with Crippen molar-refractivity contribution in [3.8, 4) is 5.75 Å². The van der Waals surface area contributed by atoms with Crippen LogP contribution in [0.1, 0.15) is 25.3 Å². The van der Waals surface area contributed by atoms with Gasteiger partial charge in [-0.05, 0) is 42.9 Å². The Hall–Kier alpha value is -1.84. The average molecular weight is 290 g/mol. The van der Waals surface area contributed by atoms with Crippen LogP contribution >= 0.6 is 0 Å². The van der Waals surface area contributed by atoms with Crippen LogP contribution in [0.15, 0.2) is 24.3 Å². The van der Waals surface area contributed by atoms with Crippen LogP contribution in [0.25, 0.3) is 0 Å². The fourth-order valence-corrected chi connectivity index (χ4v) is 3.10. The Labute approximate surface area is 125 Å². The number of hydrogen-bond donors (Lipinski definition) is 0. The quantitative estimate of drug-likeness (QED) is 0.618. The van der Waals surface area contributed by atoms with Crippen LogP contribution in [0.4, 0.5) is 0 Å². The van der Waals surface area contributed by atoms with Gasteiger partial charge >= 0.3 is 5.97 Å². The lowest BCUT2D eigenvalue weighted by Gasteiger charge is -2.10. The molecule has 4 nitrogen and oxygen atoms in total. The van der Waals surface area contributed by atoms with Gasteiger partial charge in [0.25, 0.3) is 0 Å². The summed E-state index contributed by atoms with van der Waals surface area (Å²) in [5, 5.41) is 0. The molecule has 0 heterocycles. The van der Waals surface area contributed by atoms with Gasteiger partial charge in [-0.3, -0.25) is 9.59 Å². The van der Waals surface area contributed by atoms with Gasteiger partial charge in [0.2, 0.25) is 0 Å². The molecular formula is C17H22O4. The predicted octanol–water partition coefficient (Wildman–Crippen LogP) is 2.64. The van der Waals surface area contributed by atoms with Crippen molar-refractivity contribution < 1.29 is 19.1 Å². The number of methoxy groups -OCH3 is 2. The number of esters is 1. The fourth-order valence-electron chi connectivity index (χ4n) is 3.10. The van der Waals surface area contributed by atoms with Gasteiger partial charge in [-0.15, -0.1) is 0 Å². The van der Waals surface area contributed by atoms with E-state index in [1.807, 2.05) is 31.2 Å². The zero-order chi connectivity index (χ0) is 15.4. The number of aryl methyl sites for hydroxylation is 1. The smallest absolute Gasteiger partial charge is 0.316 e. The number of Topliss-reactive ketones (excluding diaryl/α,β-unsaturated/α-hetero) is 1. The molecule has 0 aliphatic heterocycles. The van der Waals surface area contributed by atoms with Crippen LogP contribution in [0, 0.1) is 17.8 Å². The van der Waals surface area contributed by atoms with Crippen molar-refractivity contribution >= 4 is 11.8 Å². The first kappa shape index (κ1) is 15.5. The second-order valence-corrected chi connectivity index (χ2v) is 5.70. The van der Waals surface area contributed by atoms with Crippen molar-refractivity contribution in [3.05, 3.63) is 29.8 Å². The van der Waals surface area contributed by atoms with Crippen LogP contribution in [0.5, 0.6) is 5.75 Å². The number of hydrogen-bond acceptors (Lipinski definition) is 4. The monoisotopic (exact) mass is 290 g/mol. The zero-order valence-corrected chi connectivity index (χ0v) is 12.8. The summed E-state index contributed by atoms with van der Waals surface area (Å²) in [5.74, 6) is -0.0507. The topological polar surface area (TPSA) is 52.6 Å². The Balaban J connectivity index is 1.94. The summed E-state index contributed by atoms with van der Waals surface area (Å²) in [6, 6.07) is 7.87. The van der Waals surface area contributed by atoms with Gasteiger partial charge in [-0.25, -0.2) is 0 Å². The Morgan fingerprint density at radius 3 is 2.48 bits per heavy atom. The normalized spacial score (nSPS) is 24.9. The van der Waals surface area contributed by atoms with E-state index in [9.17, 15) is 9.59 Å². The van der Waals surface area contributed by atoms with E-state index in [1.165, 1.54) is 12.7 Å². The van der Waals surface area contributed by atoms with Crippen LogP contribution in [-0.4, -0.2) is 26.0 Å². The first-order valence-corrected chi connectivity index (χ1v) is 7.31. The third-order valence-corrected chi connectivity index (χ3v) is 4.33. The van der Waals surface area contributed by atoms with Gasteiger partial charge in [0, 0.05) is 5.92 Å². The average Bonchev–Trinajstić information content (AvgIpc) is 2.79. The van der Waals surface area contributed by atoms with Crippen LogP contribution in [-0.2, 0) is 20.7 Å². The molecule has 1 aromatic carbocycles. The molecule has 1 fully saturated rings.